The number of nitrogens with zero attached hydrogens (tertiary/aromatic N) is 1. The van der Waals surface area contributed by atoms with Crippen LogP contribution in [0.3, 0.4) is 0 Å². The van der Waals surface area contributed by atoms with Gasteiger partial charge in [0, 0.05) is 26.1 Å². The lowest BCUT2D eigenvalue weighted by molar-refractivity contribution is -0.134. The summed E-state index contributed by atoms with van der Waals surface area (Å²) in [6.45, 7) is 7.85. The molecule has 4 nitrogen and oxygen atoms in total. The van der Waals surface area contributed by atoms with E-state index >= 15 is 0 Å². The highest BCUT2D eigenvalue weighted by Gasteiger charge is 2.27. The summed E-state index contributed by atoms with van der Waals surface area (Å²) >= 11 is 0. The van der Waals surface area contributed by atoms with Crippen molar-refractivity contribution in [1.82, 2.24) is 4.90 Å². The van der Waals surface area contributed by atoms with Crippen molar-refractivity contribution in [2.45, 2.75) is 110 Å². The molecule has 0 amide bonds. The van der Waals surface area contributed by atoms with Crippen LogP contribution in [0, 0.1) is 0 Å². The Morgan fingerprint density at radius 2 is 1.17 bits per heavy atom. The second-order valence-corrected chi connectivity index (χ2v) is 7.64. The van der Waals surface area contributed by atoms with E-state index in [1.807, 2.05) is 0 Å². The maximum absolute atomic E-state index is 9.00. The average Bonchev–Trinajstić information content (AvgIpc) is 2.46. The molecule has 1 N–H and O–H groups in total. The summed E-state index contributed by atoms with van der Waals surface area (Å²) < 4.78 is 5.90. The maximum atomic E-state index is 9.00. The van der Waals surface area contributed by atoms with Gasteiger partial charge in [-0.3, -0.25) is 9.69 Å². The van der Waals surface area contributed by atoms with Crippen LogP contribution in [-0.4, -0.2) is 47.3 Å². The van der Waals surface area contributed by atoms with Gasteiger partial charge < -0.3 is 9.84 Å². The Labute approximate surface area is 148 Å². The molecular formula is C20H39NO3. The highest BCUT2D eigenvalue weighted by molar-refractivity contribution is 5.62. The van der Waals surface area contributed by atoms with Crippen molar-refractivity contribution in [3.63, 3.8) is 0 Å². The van der Waals surface area contributed by atoms with Gasteiger partial charge in [0.1, 0.15) is 0 Å². The fourth-order valence-electron chi connectivity index (χ4n) is 4.02. The molecule has 1 aliphatic carbocycles. The minimum absolute atomic E-state index is 0.417. The SMILES string of the molecule is CC(=O)O.CC1CN(C2CCCCCCCCCCC2)CC(C)O1. The molecule has 1 aliphatic heterocycles. The number of carbonyl (C=O) groups is 1. The smallest absolute Gasteiger partial charge is 0.300 e. The zero-order chi connectivity index (χ0) is 17.8. The number of carboxylic acid groups (broad SMARTS) is 1. The molecule has 4 heteroatoms. The van der Waals surface area contributed by atoms with Crippen molar-refractivity contribution in [2.75, 3.05) is 13.1 Å². The topological polar surface area (TPSA) is 49.8 Å². The average molecular weight is 342 g/mol. The van der Waals surface area contributed by atoms with E-state index in [0.717, 1.165) is 26.1 Å². The van der Waals surface area contributed by atoms with Gasteiger partial charge in [-0.25, -0.2) is 0 Å². The van der Waals surface area contributed by atoms with Crippen molar-refractivity contribution in [2.24, 2.45) is 0 Å². The summed E-state index contributed by atoms with van der Waals surface area (Å²) in [4.78, 5) is 11.7. The van der Waals surface area contributed by atoms with Gasteiger partial charge in [-0.1, -0.05) is 57.8 Å². The van der Waals surface area contributed by atoms with Crippen molar-refractivity contribution in [3.05, 3.63) is 0 Å². The number of aliphatic carboxylic acids is 1. The summed E-state index contributed by atoms with van der Waals surface area (Å²) in [7, 11) is 0. The predicted molar refractivity (Wildman–Crippen MR) is 99.5 cm³/mol. The lowest BCUT2D eigenvalue weighted by atomic mass is 9.96. The van der Waals surface area contributed by atoms with Crippen molar-refractivity contribution >= 4 is 5.97 Å². The minimum atomic E-state index is -0.833. The first kappa shape index (κ1) is 21.4. The Kier molecular flexibility index (Phi) is 11.4. The second kappa shape index (κ2) is 12.7. The Balaban J connectivity index is 0.000000648. The molecule has 1 saturated carbocycles. The molecule has 0 aromatic heterocycles. The van der Waals surface area contributed by atoms with Crippen LogP contribution >= 0.6 is 0 Å². The van der Waals surface area contributed by atoms with Gasteiger partial charge in [-0.15, -0.1) is 0 Å². The van der Waals surface area contributed by atoms with Gasteiger partial charge in [0.05, 0.1) is 12.2 Å². The van der Waals surface area contributed by atoms with E-state index in [4.69, 9.17) is 14.6 Å². The van der Waals surface area contributed by atoms with Crippen LogP contribution < -0.4 is 0 Å². The molecular weight excluding hydrogens is 302 g/mol. The number of rotatable bonds is 1. The lowest BCUT2D eigenvalue weighted by Crippen LogP contribution is -2.50. The van der Waals surface area contributed by atoms with E-state index < -0.39 is 5.97 Å². The van der Waals surface area contributed by atoms with E-state index in [1.165, 1.54) is 70.6 Å². The van der Waals surface area contributed by atoms with E-state index in [0.29, 0.717) is 12.2 Å². The summed E-state index contributed by atoms with van der Waals surface area (Å²) in [5.41, 5.74) is 0. The van der Waals surface area contributed by atoms with Crippen LogP contribution in [0.4, 0.5) is 0 Å². The second-order valence-electron chi connectivity index (χ2n) is 7.64. The fraction of sp³-hybridized carbons (Fsp3) is 0.950. The Bertz CT molecular complexity index is 309. The summed E-state index contributed by atoms with van der Waals surface area (Å²) in [6.07, 6.45) is 16.8. The van der Waals surface area contributed by atoms with Gasteiger partial charge >= 0.3 is 0 Å². The van der Waals surface area contributed by atoms with Gasteiger partial charge in [0.25, 0.3) is 5.97 Å². The first-order chi connectivity index (χ1) is 11.5. The predicted octanol–water partition coefficient (Wildman–Crippen LogP) is 4.86. The monoisotopic (exact) mass is 341 g/mol. The molecule has 2 aliphatic rings. The number of morpholine rings is 1. The molecule has 0 aromatic rings. The summed E-state index contributed by atoms with van der Waals surface area (Å²) in [6, 6.07) is 0.822. The maximum Gasteiger partial charge on any atom is 0.300 e. The van der Waals surface area contributed by atoms with Gasteiger partial charge in [0.2, 0.25) is 0 Å². The van der Waals surface area contributed by atoms with E-state index in [-0.39, 0.29) is 0 Å². The molecule has 142 valence electrons. The normalized spacial score (nSPS) is 28.8. The van der Waals surface area contributed by atoms with Gasteiger partial charge in [-0.05, 0) is 26.7 Å². The third-order valence-corrected chi connectivity index (χ3v) is 5.04. The summed E-state index contributed by atoms with van der Waals surface area (Å²) in [5, 5.41) is 7.42. The third kappa shape index (κ3) is 10.3. The fourth-order valence-corrected chi connectivity index (χ4v) is 4.02. The Morgan fingerprint density at radius 3 is 1.54 bits per heavy atom. The Hall–Kier alpha value is -0.610. The molecule has 0 aromatic carbocycles. The van der Waals surface area contributed by atoms with Gasteiger partial charge in [-0.2, -0.15) is 0 Å². The van der Waals surface area contributed by atoms with Crippen LogP contribution in [0.1, 0.15) is 91.4 Å². The van der Waals surface area contributed by atoms with Crippen LogP contribution in [0.25, 0.3) is 0 Å². The standard InChI is InChI=1S/C18H35NO.C2H4O2/c1-16-14-19(15-17(2)20-16)18-12-10-8-6-4-3-5-7-9-11-13-18;1-2(3)4/h16-18H,3-15H2,1-2H3;1H3,(H,3,4). The van der Waals surface area contributed by atoms with Crippen molar-refractivity contribution < 1.29 is 14.6 Å². The molecule has 24 heavy (non-hydrogen) atoms. The number of hydrogen-bond acceptors (Lipinski definition) is 3. The number of ether oxygens (including phenoxy) is 1. The molecule has 0 radical (unpaired) electrons. The molecule has 0 bridgehead atoms. The molecule has 1 saturated heterocycles. The van der Waals surface area contributed by atoms with Crippen LogP contribution in [-0.2, 0) is 9.53 Å². The van der Waals surface area contributed by atoms with E-state index in [1.54, 1.807) is 0 Å². The third-order valence-electron chi connectivity index (χ3n) is 5.04. The lowest BCUT2D eigenvalue weighted by Gasteiger charge is -2.40. The number of carboxylic acids is 1. The minimum Gasteiger partial charge on any atom is -0.481 e. The zero-order valence-corrected chi connectivity index (χ0v) is 16.1. The van der Waals surface area contributed by atoms with Crippen LogP contribution in [0.5, 0.6) is 0 Å². The summed E-state index contributed by atoms with van der Waals surface area (Å²) in [5.74, 6) is -0.833. The highest BCUT2D eigenvalue weighted by Crippen LogP contribution is 2.23. The molecule has 2 atom stereocenters. The van der Waals surface area contributed by atoms with Crippen LogP contribution in [0.2, 0.25) is 0 Å². The largest absolute Gasteiger partial charge is 0.481 e. The molecule has 2 rings (SSSR count). The van der Waals surface area contributed by atoms with Crippen molar-refractivity contribution in [3.8, 4) is 0 Å². The molecule has 2 unspecified atom stereocenters. The molecule has 2 fully saturated rings. The highest BCUT2D eigenvalue weighted by atomic mass is 16.5. The molecule has 0 spiro atoms. The quantitative estimate of drug-likeness (QED) is 0.740. The number of hydrogen-bond donors (Lipinski definition) is 1. The first-order valence-electron chi connectivity index (χ1n) is 10.1. The first-order valence-corrected chi connectivity index (χ1v) is 10.1. The van der Waals surface area contributed by atoms with E-state index in [9.17, 15) is 0 Å². The van der Waals surface area contributed by atoms with Gasteiger partial charge in [0.15, 0.2) is 0 Å². The van der Waals surface area contributed by atoms with Crippen LogP contribution in [0.15, 0.2) is 0 Å². The Morgan fingerprint density at radius 1 is 0.833 bits per heavy atom. The van der Waals surface area contributed by atoms with E-state index in [2.05, 4.69) is 18.7 Å². The zero-order valence-electron chi connectivity index (χ0n) is 16.1. The molecule has 1 heterocycles. The van der Waals surface area contributed by atoms with Crippen molar-refractivity contribution in [1.29, 1.82) is 0 Å².